The van der Waals surface area contributed by atoms with Gasteiger partial charge in [-0.05, 0) is 30.7 Å². The summed E-state index contributed by atoms with van der Waals surface area (Å²) < 4.78 is 17.8. The summed E-state index contributed by atoms with van der Waals surface area (Å²) in [5.41, 5.74) is 6.58. The van der Waals surface area contributed by atoms with E-state index in [1.165, 1.54) is 12.1 Å². The van der Waals surface area contributed by atoms with E-state index < -0.39 is 0 Å². The molecular weight excluding hydrogens is 221 g/mol. The van der Waals surface area contributed by atoms with Crippen LogP contribution in [0, 0.1) is 5.82 Å². The van der Waals surface area contributed by atoms with E-state index in [-0.39, 0.29) is 11.9 Å². The summed E-state index contributed by atoms with van der Waals surface area (Å²) in [7, 11) is 0. The molecule has 1 heterocycles. The molecule has 0 spiro atoms. The Labute approximate surface area is 98.6 Å². The predicted octanol–water partition coefficient (Wildman–Crippen LogP) is 2.68. The molecule has 4 nitrogen and oxygen atoms in total. The number of aromatic nitrogens is 2. The fraction of sp³-hybridized carbons (Fsp3) is 0.333. The average molecular weight is 235 g/mol. The van der Waals surface area contributed by atoms with Crippen LogP contribution in [0.5, 0.6) is 0 Å². The fourth-order valence-electron chi connectivity index (χ4n) is 1.54. The van der Waals surface area contributed by atoms with E-state index in [9.17, 15) is 4.39 Å². The highest BCUT2D eigenvalue weighted by molar-refractivity contribution is 5.53. The van der Waals surface area contributed by atoms with Crippen LogP contribution >= 0.6 is 0 Å². The van der Waals surface area contributed by atoms with E-state index in [1.54, 1.807) is 12.1 Å². The van der Waals surface area contributed by atoms with Gasteiger partial charge < -0.3 is 10.3 Å². The highest BCUT2D eigenvalue weighted by Gasteiger charge is 2.14. The van der Waals surface area contributed by atoms with Gasteiger partial charge in [-0.15, -0.1) is 0 Å². The van der Waals surface area contributed by atoms with Gasteiger partial charge in [-0.3, -0.25) is 0 Å². The largest absolute Gasteiger partial charge is 0.337 e. The lowest BCUT2D eigenvalue weighted by Crippen LogP contribution is -2.09. The number of hydrogen-bond acceptors (Lipinski definition) is 4. The average Bonchev–Trinajstić information content (AvgIpc) is 2.80. The van der Waals surface area contributed by atoms with Crippen LogP contribution in [0.15, 0.2) is 28.8 Å². The second-order valence-corrected chi connectivity index (χ2v) is 3.86. The Morgan fingerprint density at radius 3 is 2.71 bits per heavy atom. The van der Waals surface area contributed by atoms with Crippen molar-refractivity contribution in [2.24, 2.45) is 5.73 Å². The minimum Gasteiger partial charge on any atom is -0.337 e. The van der Waals surface area contributed by atoms with Crippen molar-refractivity contribution in [2.45, 2.75) is 25.8 Å². The Morgan fingerprint density at radius 1 is 1.35 bits per heavy atom. The van der Waals surface area contributed by atoms with E-state index in [4.69, 9.17) is 10.3 Å². The monoisotopic (exact) mass is 235 g/mol. The van der Waals surface area contributed by atoms with Gasteiger partial charge in [0.15, 0.2) is 0 Å². The summed E-state index contributed by atoms with van der Waals surface area (Å²) in [6, 6.07) is 5.70. The third-order valence-electron chi connectivity index (χ3n) is 2.46. The van der Waals surface area contributed by atoms with E-state index in [0.717, 1.165) is 12.8 Å². The number of benzene rings is 1. The Hall–Kier alpha value is -1.75. The van der Waals surface area contributed by atoms with Gasteiger partial charge in [-0.25, -0.2) is 4.39 Å². The Kier molecular flexibility index (Phi) is 3.49. The summed E-state index contributed by atoms with van der Waals surface area (Å²) in [4.78, 5) is 4.20. The molecule has 0 aliphatic carbocycles. The van der Waals surface area contributed by atoms with Crippen molar-refractivity contribution in [3.8, 4) is 11.4 Å². The van der Waals surface area contributed by atoms with Crippen molar-refractivity contribution in [3.05, 3.63) is 36.0 Å². The summed E-state index contributed by atoms with van der Waals surface area (Å²) in [5.74, 6) is 0.567. The van der Waals surface area contributed by atoms with E-state index in [2.05, 4.69) is 10.1 Å². The van der Waals surface area contributed by atoms with Crippen molar-refractivity contribution in [3.63, 3.8) is 0 Å². The topological polar surface area (TPSA) is 64.9 Å². The van der Waals surface area contributed by atoms with Crippen molar-refractivity contribution in [1.82, 2.24) is 10.1 Å². The van der Waals surface area contributed by atoms with Crippen LogP contribution < -0.4 is 5.73 Å². The lowest BCUT2D eigenvalue weighted by molar-refractivity contribution is 0.348. The molecule has 90 valence electrons. The Morgan fingerprint density at radius 2 is 2.06 bits per heavy atom. The third-order valence-corrected chi connectivity index (χ3v) is 2.46. The molecule has 2 rings (SSSR count). The quantitative estimate of drug-likeness (QED) is 0.884. The minimum atomic E-state index is -0.292. The van der Waals surface area contributed by atoms with Crippen LogP contribution in [0.1, 0.15) is 31.7 Å². The van der Waals surface area contributed by atoms with Gasteiger partial charge in [0.1, 0.15) is 5.82 Å². The zero-order chi connectivity index (χ0) is 12.3. The molecule has 2 aromatic rings. The normalized spacial score (nSPS) is 12.6. The molecule has 1 atom stereocenters. The molecule has 0 radical (unpaired) electrons. The standard InChI is InChI=1S/C12H14FN3O/c1-2-3-10(14)12-15-11(16-17-12)8-4-6-9(13)7-5-8/h4-7,10H,2-3,14H2,1H3. The molecule has 2 N–H and O–H groups in total. The van der Waals surface area contributed by atoms with E-state index >= 15 is 0 Å². The third kappa shape index (κ3) is 2.68. The second-order valence-electron chi connectivity index (χ2n) is 3.86. The first kappa shape index (κ1) is 11.7. The summed E-state index contributed by atoms with van der Waals surface area (Å²) in [6.45, 7) is 2.04. The lowest BCUT2D eigenvalue weighted by atomic mass is 10.2. The molecule has 1 aromatic carbocycles. The molecule has 1 unspecified atom stereocenters. The maximum Gasteiger partial charge on any atom is 0.243 e. The molecule has 0 aliphatic rings. The van der Waals surface area contributed by atoms with Gasteiger partial charge in [0, 0.05) is 5.56 Å². The molecule has 0 saturated carbocycles. The number of rotatable bonds is 4. The van der Waals surface area contributed by atoms with Crippen molar-refractivity contribution in [2.75, 3.05) is 0 Å². The summed E-state index contributed by atoms with van der Waals surface area (Å²) in [6.07, 6.45) is 1.75. The SMILES string of the molecule is CCCC(N)c1nc(-c2ccc(F)cc2)no1. The van der Waals surface area contributed by atoms with Crippen LogP contribution in [0.25, 0.3) is 11.4 Å². The molecule has 5 heteroatoms. The Balaban J connectivity index is 2.20. The van der Waals surface area contributed by atoms with E-state index in [1.807, 2.05) is 6.92 Å². The first-order chi connectivity index (χ1) is 8.20. The second kappa shape index (κ2) is 5.05. The van der Waals surface area contributed by atoms with Gasteiger partial charge in [0.2, 0.25) is 11.7 Å². The van der Waals surface area contributed by atoms with Gasteiger partial charge in [0.25, 0.3) is 0 Å². The molecule has 17 heavy (non-hydrogen) atoms. The number of hydrogen-bond donors (Lipinski definition) is 1. The molecule has 0 saturated heterocycles. The highest BCUT2D eigenvalue weighted by atomic mass is 19.1. The van der Waals surface area contributed by atoms with Gasteiger partial charge in [0.05, 0.1) is 6.04 Å². The highest BCUT2D eigenvalue weighted by Crippen LogP contribution is 2.19. The maximum absolute atomic E-state index is 12.8. The zero-order valence-electron chi connectivity index (χ0n) is 9.56. The molecule has 1 aromatic heterocycles. The molecule has 0 amide bonds. The predicted molar refractivity (Wildman–Crippen MR) is 61.5 cm³/mol. The van der Waals surface area contributed by atoms with Crippen molar-refractivity contribution in [1.29, 1.82) is 0 Å². The Bertz CT molecular complexity index is 481. The molecule has 0 bridgehead atoms. The van der Waals surface area contributed by atoms with Crippen molar-refractivity contribution < 1.29 is 8.91 Å². The fourth-order valence-corrected chi connectivity index (χ4v) is 1.54. The lowest BCUT2D eigenvalue weighted by Gasteiger charge is -2.02. The van der Waals surface area contributed by atoms with Crippen LogP contribution in [0.3, 0.4) is 0 Å². The molecule has 0 aliphatic heterocycles. The van der Waals surface area contributed by atoms with Gasteiger partial charge in [-0.2, -0.15) is 4.98 Å². The summed E-state index contributed by atoms with van der Waals surface area (Å²) >= 11 is 0. The van der Waals surface area contributed by atoms with Crippen LogP contribution in [-0.4, -0.2) is 10.1 Å². The number of nitrogens with two attached hydrogens (primary N) is 1. The van der Waals surface area contributed by atoms with Crippen LogP contribution in [0.4, 0.5) is 4.39 Å². The maximum atomic E-state index is 12.8. The minimum absolute atomic E-state index is 0.235. The van der Waals surface area contributed by atoms with E-state index in [0.29, 0.717) is 17.3 Å². The number of nitrogens with zero attached hydrogens (tertiary/aromatic N) is 2. The van der Waals surface area contributed by atoms with Crippen LogP contribution in [0.2, 0.25) is 0 Å². The van der Waals surface area contributed by atoms with Crippen molar-refractivity contribution >= 4 is 0 Å². The first-order valence-corrected chi connectivity index (χ1v) is 5.56. The zero-order valence-corrected chi connectivity index (χ0v) is 9.56. The van der Waals surface area contributed by atoms with Gasteiger partial charge in [-0.1, -0.05) is 18.5 Å². The first-order valence-electron chi connectivity index (χ1n) is 5.56. The number of halogens is 1. The molecule has 0 fully saturated rings. The molecular formula is C12H14FN3O. The van der Waals surface area contributed by atoms with Gasteiger partial charge >= 0.3 is 0 Å². The van der Waals surface area contributed by atoms with Crippen LogP contribution in [-0.2, 0) is 0 Å². The smallest absolute Gasteiger partial charge is 0.243 e. The summed E-state index contributed by atoms with van der Waals surface area (Å²) in [5, 5.41) is 3.83.